The van der Waals surface area contributed by atoms with Gasteiger partial charge in [-0.3, -0.25) is 9.78 Å². The van der Waals surface area contributed by atoms with E-state index in [9.17, 15) is 18.0 Å². The maximum absolute atomic E-state index is 12.6. The van der Waals surface area contributed by atoms with E-state index in [1.54, 1.807) is 18.2 Å². The van der Waals surface area contributed by atoms with E-state index in [0.717, 1.165) is 28.8 Å². The number of nitrogens with zero attached hydrogens (tertiary/aromatic N) is 2. The molecule has 1 aliphatic heterocycles. The van der Waals surface area contributed by atoms with Crippen LogP contribution in [0.1, 0.15) is 46.6 Å². The molecule has 0 bridgehead atoms. The van der Waals surface area contributed by atoms with Gasteiger partial charge in [-0.25, -0.2) is 4.98 Å². The van der Waals surface area contributed by atoms with E-state index in [1.807, 2.05) is 13.8 Å². The second kappa shape index (κ2) is 6.94. The van der Waals surface area contributed by atoms with Gasteiger partial charge in [-0.15, -0.1) is 0 Å². The Labute approximate surface area is 170 Å². The lowest BCUT2D eigenvalue weighted by Gasteiger charge is -2.19. The van der Waals surface area contributed by atoms with Gasteiger partial charge in [0.1, 0.15) is 5.82 Å². The molecule has 0 fully saturated rings. The van der Waals surface area contributed by atoms with Gasteiger partial charge in [0.25, 0.3) is 5.91 Å². The highest BCUT2D eigenvalue weighted by Crippen LogP contribution is 2.42. The number of hydrogen-bond acceptors (Lipinski definition) is 5. The van der Waals surface area contributed by atoms with Gasteiger partial charge in [0.2, 0.25) is 0 Å². The van der Waals surface area contributed by atoms with Gasteiger partial charge >= 0.3 is 6.18 Å². The number of pyridine rings is 2. The lowest BCUT2D eigenvalue weighted by atomic mass is 9.93. The Morgan fingerprint density at radius 3 is 2.70 bits per heavy atom. The molecule has 3 heterocycles. The third-order valence-electron chi connectivity index (χ3n) is 5.14. The molecule has 0 unspecified atom stereocenters. The average molecular weight is 416 g/mol. The molecule has 156 valence electrons. The van der Waals surface area contributed by atoms with Gasteiger partial charge in [-0.1, -0.05) is 0 Å². The number of alkyl halides is 3. The Kier molecular flexibility index (Phi) is 4.65. The summed E-state index contributed by atoms with van der Waals surface area (Å²) in [6, 6.07) is 7.23. The molecular weight excluding hydrogens is 397 g/mol. The predicted octanol–water partition coefficient (Wildman–Crippen LogP) is 3.93. The first-order valence-corrected chi connectivity index (χ1v) is 9.23. The first-order valence-electron chi connectivity index (χ1n) is 9.23. The standard InChI is InChI=1S/C21H19F3N4O2/c1-20(2)17-15(10-30-20)14-7-11(3-6-16(14)28-18(17)25)19(29)27-9-13-5-4-12(8-26-13)21(22,23)24/h3-8H,9-10H2,1-2H3,(H2,25,28)(H,27,29). The van der Waals surface area contributed by atoms with E-state index in [-0.39, 0.29) is 12.5 Å². The smallest absolute Gasteiger partial charge is 0.383 e. The third kappa shape index (κ3) is 3.56. The molecule has 1 aromatic carbocycles. The number of aromatic nitrogens is 2. The van der Waals surface area contributed by atoms with E-state index >= 15 is 0 Å². The summed E-state index contributed by atoms with van der Waals surface area (Å²) in [6.45, 7) is 4.20. The molecule has 0 saturated heterocycles. The monoisotopic (exact) mass is 416 g/mol. The molecule has 0 radical (unpaired) electrons. The van der Waals surface area contributed by atoms with E-state index in [2.05, 4.69) is 15.3 Å². The van der Waals surface area contributed by atoms with Crippen LogP contribution >= 0.6 is 0 Å². The van der Waals surface area contributed by atoms with E-state index < -0.39 is 17.3 Å². The van der Waals surface area contributed by atoms with Gasteiger partial charge in [0.15, 0.2) is 0 Å². The van der Waals surface area contributed by atoms with Crippen molar-refractivity contribution >= 4 is 22.6 Å². The van der Waals surface area contributed by atoms with Crippen molar-refractivity contribution in [3.05, 3.63) is 64.5 Å². The molecule has 4 rings (SSSR count). The number of hydrogen-bond donors (Lipinski definition) is 2. The molecule has 1 aliphatic rings. The number of carbonyl (C=O) groups excluding carboxylic acids is 1. The summed E-state index contributed by atoms with van der Waals surface area (Å²) in [5.74, 6) is 0.0351. The number of nitrogens with two attached hydrogens (primary N) is 1. The maximum Gasteiger partial charge on any atom is 0.417 e. The zero-order valence-corrected chi connectivity index (χ0v) is 16.3. The quantitative estimate of drug-likeness (QED) is 0.675. The SMILES string of the molecule is CC1(C)OCc2c1c(N)nc1ccc(C(=O)NCc3ccc(C(F)(F)F)cn3)cc21. The fraction of sp³-hybridized carbons (Fsp3) is 0.286. The number of ether oxygens (including phenoxy) is 1. The Morgan fingerprint density at radius 1 is 1.27 bits per heavy atom. The Bertz CT molecular complexity index is 1140. The zero-order valence-electron chi connectivity index (χ0n) is 16.3. The van der Waals surface area contributed by atoms with Crippen molar-refractivity contribution in [3.63, 3.8) is 0 Å². The highest BCUT2D eigenvalue weighted by molar-refractivity contribution is 5.99. The number of anilines is 1. The number of benzene rings is 1. The number of amides is 1. The number of carbonyl (C=O) groups is 1. The molecule has 0 aliphatic carbocycles. The fourth-order valence-corrected chi connectivity index (χ4v) is 3.61. The summed E-state index contributed by atoms with van der Waals surface area (Å²) in [5, 5.41) is 3.46. The second-order valence-electron chi connectivity index (χ2n) is 7.60. The van der Waals surface area contributed by atoms with Crippen molar-refractivity contribution in [2.75, 3.05) is 5.73 Å². The minimum absolute atomic E-state index is 0.00322. The fourth-order valence-electron chi connectivity index (χ4n) is 3.61. The van der Waals surface area contributed by atoms with Crippen molar-refractivity contribution in [2.45, 2.75) is 38.8 Å². The average Bonchev–Trinajstić information content (AvgIpc) is 3.02. The lowest BCUT2D eigenvalue weighted by Crippen LogP contribution is -2.23. The lowest BCUT2D eigenvalue weighted by molar-refractivity contribution is -0.137. The van der Waals surface area contributed by atoms with Gasteiger partial charge in [-0.2, -0.15) is 13.2 Å². The summed E-state index contributed by atoms with van der Waals surface area (Å²) in [6.07, 6.45) is -3.70. The van der Waals surface area contributed by atoms with Crippen LogP contribution in [0.5, 0.6) is 0 Å². The zero-order chi connectivity index (χ0) is 21.7. The van der Waals surface area contributed by atoms with E-state index in [1.165, 1.54) is 6.07 Å². The summed E-state index contributed by atoms with van der Waals surface area (Å²) in [4.78, 5) is 20.8. The van der Waals surface area contributed by atoms with Crippen LogP contribution in [0.3, 0.4) is 0 Å². The molecule has 3 aromatic rings. The maximum atomic E-state index is 12.6. The highest BCUT2D eigenvalue weighted by atomic mass is 19.4. The molecular formula is C21H19F3N4O2. The molecule has 0 atom stereocenters. The summed E-state index contributed by atoms with van der Waals surface area (Å²) < 4.78 is 43.7. The van der Waals surface area contributed by atoms with Crippen LogP contribution in [-0.4, -0.2) is 15.9 Å². The van der Waals surface area contributed by atoms with Crippen molar-refractivity contribution in [1.29, 1.82) is 0 Å². The molecule has 6 nitrogen and oxygen atoms in total. The molecule has 0 saturated carbocycles. The third-order valence-corrected chi connectivity index (χ3v) is 5.14. The predicted molar refractivity (Wildman–Crippen MR) is 104 cm³/mol. The number of rotatable bonds is 3. The van der Waals surface area contributed by atoms with Crippen LogP contribution in [0.15, 0.2) is 36.5 Å². The largest absolute Gasteiger partial charge is 0.417 e. The van der Waals surface area contributed by atoms with Crippen molar-refractivity contribution in [3.8, 4) is 0 Å². The second-order valence-corrected chi connectivity index (χ2v) is 7.60. The summed E-state index contributed by atoms with van der Waals surface area (Å²) in [5.41, 5.74) is 7.82. The van der Waals surface area contributed by atoms with E-state index in [0.29, 0.717) is 29.2 Å². The van der Waals surface area contributed by atoms with Crippen molar-refractivity contribution < 1.29 is 22.7 Å². The topological polar surface area (TPSA) is 90.1 Å². The van der Waals surface area contributed by atoms with Crippen LogP contribution < -0.4 is 11.1 Å². The Morgan fingerprint density at radius 2 is 2.03 bits per heavy atom. The van der Waals surface area contributed by atoms with Crippen LogP contribution in [0.25, 0.3) is 10.9 Å². The molecule has 1 amide bonds. The first kappa shape index (κ1) is 20.1. The minimum Gasteiger partial charge on any atom is -0.383 e. The van der Waals surface area contributed by atoms with Crippen LogP contribution in [-0.2, 0) is 29.7 Å². The Hall–Kier alpha value is -3.20. The highest BCUT2D eigenvalue weighted by Gasteiger charge is 2.35. The first-order chi connectivity index (χ1) is 14.1. The Balaban J connectivity index is 1.56. The molecule has 0 spiro atoms. The van der Waals surface area contributed by atoms with E-state index in [4.69, 9.17) is 10.5 Å². The number of nitrogens with one attached hydrogen (secondary N) is 1. The number of nitrogen functional groups attached to an aromatic ring is 1. The number of halogens is 3. The molecule has 3 N–H and O–H groups in total. The van der Waals surface area contributed by atoms with Gasteiger partial charge in [0.05, 0.1) is 35.5 Å². The number of fused-ring (bicyclic) bond motifs is 3. The molecule has 2 aromatic heterocycles. The van der Waals surface area contributed by atoms with Crippen molar-refractivity contribution in [1.82, 2.24) is 15.3 Å². The van der Waals surface area contributed by atoms with Gasteiger partial charge in [0, 0.05) is 22.7 Å². The van der Waals surface area contributed by atoms with Gasteiger partial charge in [-0.05, 0) is 49.7 Å². The molecule has 9 heteroatoms. The van der Waals surface area contributed by atoms with Crippen LogP contribution in [0.2, 0.25) is 0 Å². The minimum atomic E-state index is -4.45. The van der Waals surface area contributed by atoms with Crippen molar-refractivity contribution in [2.24, 2.45) is 0 Å². The van der Waals surface area contributed by atoms with Gasteiger partial charge < -0.3 is 15.8 Å². The van der Waals surface area contributed by atoms with Crippen LogP contribution in [0, 0.1) is 0 Å². The summed E-state index contributed by atoms with van der Waals surface area (Å²) in [7, 11) is 0. The molecule has 30 heavy (non-hydrogen) atoms. The normalized spacial score (nSPS) is 15.2. The summed E-state index contributed by atoms with van der Waals surface area (Å²) >= 11 is 0. The van der Waals surface area contributed by atoms with Crippen LogP contribution in [0.4, 0.5) is 19.0 Å².